The number of benzene rings is 1. The number of halogens is 1. The van der Waals surface area contributed by atoms with Gasteiger partial charge in [-0.2, -0.15) is 0 Å². The lowest BCUT2D eigenvalue weighted by Crippen LogP contribution is -2.40. The lowest BCUT2D eigenvalue weighted by molar-refractivity contribution is 0.288. The highest BCUT2D eigenvalue weighted by atomic mass is 19.1. The highest BCUT2D eigenvalue weighted by Gasteiger charge is 2.38. The van der Waals surface area contributed by atoms with Crippen LogP contribution in [-0.2, 0) is 6.42 Å². The van der Waals surface area contributed by atoms with Crippen LogP contribution in [-0.4, -0.2) is 30.1 Å². The zero-order valence-electron chi connectivity index (χ0n) is 11.2. The van der Waals surface area contributed by atoms with Gasteiger partial charge < -0.3 is 5.32 Å². The van der Waals surface area contributed by atoms with Gasteiger partial charge in [0.2, 0.25) is 0 Å². The van der Waals surface area contributed by atoms with Gasteiger partial charge in [0.15, 0.2) is 0 Å². The maximum atomic E-state index is 13.2. The monoisotopic (exact) mass is 260 g/mol. The Morgan fingerprint density at radius 2 is 2.11 bits per heavy atom. The molecule has 2 saturated heterocycles. The summed E-state index contributed by atoms with van der Waals surface area (Å²) in [6.45, 7) is 2.54. The van der Waals surface area contributed by atoms with Gasteiger partial charge in [-0.25, -0.2) is 4.39 Å². The molecule has 3 aliphatic rings. The molecule has 0 amide bonds. The molecule has 1 aliphatic carbocycles. The fourth-order valence-corrected chi connectivity index (χ4v) is 4.29. The first-order valence-corrected chi connectivity index (χ1v) is 7.60. The van der Waals surface area contributed by atoms with Gasteiger partial charge in [-0.1, -0.05) is 6.07 Å². The van der Waals surface area contributed by atoms with E-state index in [1.807, 2.05) is 6.07 Å². The maximum absolute atomic E-state index is 13.2. The van der Waals surface area contributed by atoms with Crippen molar-refractivity contribution in [3.05, 3.63) is 35.1 Å². The second-order valence-electron chi connectivity index (χ2n) is 6.24. The van der Waals surface area contributed by atoms with Crippen LogP contribution in [0.3, 0.4) is 0 Å². The lowest BCUT2D eigenvalue weighted by atomic mass is 10.0. The van der Waals surface area contributed by atoms with Crippen molar-refractivity contribution < 1.29 is 4.39 Å². The number of hydrogen-bond acceptors (Lipinski definition) is 2. The minimum Gasteiger partial charge on any atom is -0.306 e. The molecule has 4 rings (SSSR count). The van der Waals surface area contributed by atoms with E-state index in [4.69, 9.17) is 0 Å². The fourth-order valence-electron chi connectivity index (χ4n) is 4.29. The lowest BCUT2D eigenvalue weighted by Gasteiger charge is -2.25. The molecule has 102 valence electrons. The van der Waals surface area contributed by atoms with Gasteiger partial charge in [0.25, 0.3) is 0 Å². The van der Waals surface area contributed by atoms with Crippen LogP contribution < -0.4 is 5.32 Å². The van der Waals surface area contributed by atoms with Crippen LogP contribution in [0.2, 0.25) is 0 Å². The zero-order chi connectivity index (χ0) is 12.8. The van der Waals surface area contributed by atoms with Crippen molar-refractivity contribution in [3.63, 3.8) is 0 Å². The van der Waals surface area contributed by atoms with Crippen molar-refractivity contribution in [2.24, 2.45) is 0 Å². The largest absolute Gasteiger partial charge is 0.306 e. The van der Waals surface area contributed by atoms with Crippen molar-refractivity contribution in [3.8, 4) is 0 Å². The van der Waals surface area contributed by atoms with E-state index in [1.165, 1.54) is 43.5 Å². The highest BCUT2D eigenvalue weighted by molar-refractivity contribution is 5.35. The first-order valence-electron chi connectivity index (χ1n) is 7.60. The van der Waals surface area contributed by atoms with Crippen LogP contribution >= 0.6 is 0 Å². The van der Waals surface area contributed by atoms with Gasteiger partial charge in [-0.05, 0) is 61.9 Å². The van der Waals surface area contributed by atoms with Crippen molar-refractivity contribution in [2.45, 2.75) is 50.2 Å². The standard InChI is InChI=1S/C16H21FN2/c17-12-4-5-13-11(10-12)3-6-14(13)18-15-7-9-19-8-1-2-16(15)19/h4-5,10,14-16,18H,1-3,6-9H2. The summed E-state index contributed by atoms with van der Waals surface area (Å²) in [6.07, 6.45) is 6.13. The molecule has 19 heavy (non-hydrogen) atoms. The number of rotatable bonds is 2. The number of fused-ring (bicyclic) bond motifs is 2. The minimum atomic E-state index is -0.0952. The second kappa shape index (κ2) is 4.57. The third kappa shape index (κ3) is 2.00. The molecule has 0 bridgehead atoms. The smallest absolute Gasteiger partial charge is 0.123 e. The predicted molar refractivity (Wildman–Crippen MR) is 73.6 cm³/mol. The van der Waals surface area contributed by atoms with Crippen molar-refractivity contribution in [1.82, 2.24) is 10.2 Å². The van der Waals surface area contributed by atoms with Crippen LogP contribution in [0, 0.1) is 5.82 Å². The Balaban J connectivity index is 1.50. The van der Waals surface area contributed by atoms with Crippen molar-refractivity contribution >= 4 is 0 Å². The van der Waals surface area contributed by atoms with Crippen LogP contribution in [0.15, 0.2) is 18.2 Å². The topological polar surface area (TPSA) is 15.3 Å². The van der Waals surface area contributed by atoms with E-state index in [0.29, 0.717) is 12.1 Å². The van der Waals surface area contributed by atoms with Gasteiger partial charge in [0.05, 0.1) is 0 Å². The molecule has 2 heterocycles. The zero-order valence-corrected chi connectivity index (χ0v) is 11.2. The van der Waals surface area contributed by atoms with Crippen molar-refractivity contribution in [1.29, 1.82) is 0 Å². The molecule has 1 aromatic carbocycles. The summed E-state index contributed by atoms with van der Waals surface area (Å²) in [5.74, 6) is -0.0952. The molecular formula is C16H21FN2. The molecular weight excluding hydrogens is 239 g/mol. The molecule has 1 N–H and O–H groups in total. The maximum Gasteiger partial charge on any atom is 0.123 e. The normalized spacial score (nSPS) is 33.6. The van der Waals surface area contributed by atoms with Crippen LogP contribution in [0.5, 0.6) is 0 Å². The Morgan fingerprint density at radius 3 is 3.05 bits per heavy atom. The average Bonchev–Trinajstić information content (AvgIpc) is 3.07. The van der Waals surface area contributed by atoms with Gasteiger partial charge in [0, 0.05) is 24.7 Å². The SMILES string of the molecule is Fc1ccc2c(c1)CCC2NC1CCN2CCCC12. The van der Waals surface area contributed by atoms with Gasteiger partial charge in [-0.15, -0.1) is 0 Å². The minimum absolute atomic E-state index is 0.0952. The Kier molecular flexibility index (Phi) is 2.85. The summed E-state index contributed by atoms with van der Waals surface area (Å²) in [4.78, 5) is 2.64. The first-order chi connectivity index (χ1) is 9.31. The molecule has 0 saturated carbocycles. The van der Waals surface area contributed by atoms with Gasteiger partial charge in [0.1, 0.15) is 5.82 Å². The molecule has 2 aliphatic heterocycles. The molecule has 2 nitrogen and oxygen atoms in total. The molecule has 3 unspecified atom stereocenters. The average molecular weight is 260 g/mol. The van der Waals surface area contributed by atoms with E-state index in [2.05, 4.69) is 10.2 Å². The second-order valence-corrected chi connectivity index (χ2v) is 6.24. The quantitative estimate of drug-likeness (QED) is 0.879. The summed E-state index contributed by atoms with van der Waals surface area (Å²) in [6, 6.07) is 7.15. The van der Waals surface area contributed by atoms with E-state index in [-0.39, 0.29) is 5.82 Å². The molecule has 2 fully saturated rings. The molecule has 0 spiro atoms. The van der Waals surface area contributed by atoms with Crippen molar-refractivity contribution in [2.75, 3.05) is 13.1 Å². The van der Waals surface area contributed by atoms with Crippen LogP contribution in [0.25, 0.3) is 0 Å². The molecule has 3 atom stereocenters. The van der Waals surface area contributed by atoms with E-state index >= 15 is 0 Å². The van der Waals surface area contributed by atoms with Gasteiger partial charge in [-0.3, -0.25) is 4.90 Å². The summed E-state index contributed by atoms with van der Waals surface area (Å²) in [7, 11) is 0. The first kappa shape index (κ1) is 11.9. The Labute approximate surface area is 114 Å². The number of nitrogens with zero attached hydrogens (tertiary/aromatic N) is 1. The van der Waals surface area contributed by atoms with Gasteiger partial charge >= 0.3 is 0 Å². The predicted octanol–water partition coefficient (Wildman–Crippen LogP) is 2.64. The number of hydrogen-bond donors (Lipinski definition) is 1. The molecule has 0 aromatic heterocycles. The van der Waals surface area contributed by atoms with E-state index < -0.39 is 0 Å². The number of nitrogens with one attached hydrogen (secondary N) is 1. The Morgan fingerprint density at radius 1 is 1.16 bits per heavy atom. The van der Waals surface area contributed by atoms with E-state index in [1.54, 1.807) is 12.1 Å². The van der Waals surface area contributed by atoms with Crippen LogP contribution in [0.1, 0.15) is 42.9 Å². The highest BCUT2D eigenvalue weighted by Crippen LogP contribution is 2.35. The Hall–Kier alpha value is -0.930. The molecule has 0 radical (unpaired) electrons. The third-order valence-electron chi connectivity index (χ3n) is 5.20. The summed E-state index contributed by atoms with van der Waals surface area (Å²) >= 11 is 0. The van der Waals surface area contributed by atoms with Crippen LogP contribution in [0.4, 0.5) is 4.39 Å². The molecule has 3 heteroatoms. The summed E-state index contributed by atoms with van der Waals surface area (Å²) in [5.41, 5.74) is 2.54. The summed E-state index contributed by atoms with van der Waals surface area (Å²) < 4.78 is 13.2. The summed E-state index contributed by atoms with van der Waals surface area (Å²) in [5, 5.41) is 3.86. The Bertz CT molecular complexity index is 488. The van der Waals surface area contributed by atoms with E-state index in [9.17, 15) is 4.39 Å². The molecule has 1 aromatic rings. The third-order valence-corrected chi connectivity index (χ3v) is 5.20. The van der Waals surface area contributed by atoms with E-state index in [0.717, 1.165) is 18.9 Å². The number of aryl methyl sites for hydroxylation is 1. The fraction of sp³-hybridized carbons (Fsp3) is 0.625.